The molecule has 20 heavy (non-hydrogen) atoms. The van der Waals surface area contributed by atoms with Crippen molar-refractivity contribution in [2.45, 2.75) is 6.10 Å². The molecule has 0 radical (unpaired) electrons. The molecule has 0 bridgehead atoms. The van der Waals surface area contributed by atoms with Gasteiger partial charge in [0.1, 0.15) is 11.9 Å². The number of aliphatic hydroxyl groups is 1. The third-order valence-electron chi connectivity index (χ3n) is 2.71. The summed E-state index contributed by atoms with van der Waals surface area (Å²) in [7, 11) is 1.54. The smallest absolute Gasteiger partial charge is 0.251 e. The van der Waals surface area contributed by atoms with E-state index >= 15 is 0 Å². The van der Waals surface area contributed by atoms with E-state index in [9.17, 15) is 9.90 Å². The molecule has 6 heteroatoms. The molecule has 1 heterocycles. The van der Waals surface area contributed by atoms with Crippen molar-refractivity contribution in [2.75, 3.05) is 13.7 Å². The molecule has 2 N–H and O–H groups in total. The zero-order valence-electron chi connectivity index (χ0n) is 10.8. The van der Waals surface area contributed by atoms with Crippen LogP contribution in [0.25, 0.3) is 0 Å². The number of carbonyl (C=O) groups excluding carboxylic acids is 1. The summed E-state index contributed by atoms with van der Waals surface area (Å²) in [6, 6.07) is 10.3. The fourth-order valence-corrected chi connectivity index (χ4v) is 2.71. The number of hydrogen-bond donors (Lipinski definition) is 2. The normalized spacial score (nSPS) is 11.9. The Morgan fingerprint density at radius 3 is 2.90 bits per heavy atom. The SMILES string of the molecule is COc1cccc(C(=O)NC[C@@H](O)c2ccc(Cl)s2)c1. The maximum absolute atomic E-state index is 12.0. The Balaban J connectivity index is 1.94. The molecule has 106 valence electrons. The highest BCUT2D eigenvalue weighted by Gasteiger charge is 2.13. The van der Waals surface area contributed by atoms with Gasteiger partial charge in [-0.3, -0.25) is 4.79 Å². The molecule has 0 spiro atoms. The van der Waals surface area contributed by atoms with E-state index < -0.39 is 6.10 Å². The van der Waals surface area contributed by atoms with Crippen LogP contribution in [0.4, 0.5) is 0 Å². The number of nitrogens with one attached hydrogen (secondary N) is 1. The van der Waals surface area contributed by atoms with Gasteiger partial charge >= 0.3 is 0 Å². The van der Waals surface area contributed by atoms with Gasteiger partial charge in [-0.25, -0.2) is 0 Å². The van der Waals surface area contributed by atoms with Gasteiger partial charge in [-0.2, -0.15) is 0 Å². The monoisotopic (exact) mass is 311 g/mol. The van der Waals surface area contributed by atoms with E-state index in [-0.39, 0.29) is 12.5 Å². The minimum atomic E-state index is -0.762. The standard InChI is InChI=1S/C14H14ClNO3S/c1-19-10-4-2-3-9(7-10)14(18)16-8-11(17)12-5-6-13(15)20-12/h2-7,11,17H,8H2,1H3,(H,16,18)/t11-/m1/s1. The predicted octanol–water partition coefficient (Wildman–Crippen LogP) is 2.87. The van der Waals surface area contributed by atoms with Crippen LogP contribution < -0.4 is 10.1 Å². The molecule has 1 aromatic heterocycles. The van der Waals surface area contributed by atoms with Gasteiger partial charge in [0.25, 0.3) is 5.91 Å². The van der Waals surface area contributed by atoms with E-state index in [2.05, 4.69) is 5.32 Å². The average Bonchev–Trinajstić information content (AvgIpc) is 2.91. The molecular formula is C14H14ClNO3S. The van der Waals surface area contributed by atoms with Crippen LogP contribution in [0.5, 0.6) is 5.75 Å². The first kappa shape index (κ1) is 14.8. The quantitative estimate of drug-likeness (QED) is 0.892. The lowest BCUT2D eigenvalue weighted by molar-refractivity contribution is 0.0917. The fraction of sp³-hybridized carbons (Fsp3) is 0.214. The molecule has 1 amide bonds. The molecule has 0 aliphatic heterocycles. The van der Waals surface area contributed by atoms with Crippen LogP contribution >= 0.6 is 22.9 Å². The Kier molecular flexibility index (Phi) is 5.00. The number of thiophene rings is 1. The highest BCUT2D eigenvalue weighted by atomic mass is 35.5. The lowest BCUT2D eigenvalue weighted by Gasteiger charge is -2.10. The zero-order valence-corrected chi connectivity index (χ0v) is 12.4. The topological polar surface area (TPSA) is 58.6 Å². The Bertz CT molecular complexity index is 600. The van der Waals surface area contributed by atoms with Crippen molar-refractivity contribution >= 4 is 28.8 Å². The highest BCUT2D eigenvalue weighted by molar-refractivity contribution is 7.16. The Morgan fingerprint density at radius 2 is 2.25 bits per heavy atom. The van der Waals surface area contributed by atoms with Crippen molar-refractivity contribution in [2.24, 2.45) is 0 Å². The number of amides is 1. The van der Waals surface area contributed by atoms with Gasteiger partial charge < -0.3 is 15.2 Å². The zero-order chi connectivity index (χ0) is 14.5. The predicted molar refractivity (Wildman–Crippen MR) is 79.6 cm³/mol. The van der Waals surface area contributed by atoms with Crippen LogP contribution in [-0.2, 0) is 0 Å². The Hall–Kier alpha value is -1.56. The van der Waals surface area contributed by atoms with Crippen LogP contribution in [-0.4, -0.2) is 24.7 Å². The van der Waals surface area contributed by atoms with Gasteiger partial charge in [0, 0.05) is 17.0 Å². The molecule has 0 aliphatic rings. The molecule has 4 nitrogen and oxygen atoms in total. The van der Waals surface area contributed by atoms with Crippen LogP contribution in [0.3, 0.4) is 0 Å². The molecule has 2 rings (SSSR count). The molecule has 0 saturated carbocycles. The summed E-state index contributed by atoms with van der Waals surface area (Å²) in [5, 5.41) is 12.6. The number of methoxy groups -OCH3 is 1. The first-order valence-electron chi connectivity index (χ1n) is 5.95. The second kappa shape index (κ2) is 6.74. The van der Waals surface area contributed by atoms with E-state index in [1.165, 1.54) is 11.3 Å². The van der Waals surface area contributed by atoms with E-state index in [4.69, 9.17) is 16.3 Å². The Labute approximate surface area is 126 Å². The van der Waals surface area contributed by atoms with Crippen molar-refractivity contribution in [1.29, 1.82) is 0 Å². The molecule has 1 atom stereocenters. The fourth-order valence-electron chi connectivity index (χ4n) is 1.66. The van der Waals surface area contributed by atoms with E-state index in [0.29, 0.717) is 15.6 Å². The van der Waals surface area contributed by atoms with Crippen molar-refractivity contribution in [3.8, 4) is 5.75 Å². The molecule has 0 unspecified atom stereocenters. The summed E-state index contributed by atoms with van der Waals surface area (Å²) in [5.74, 6) is 0.355. The van der Waals surface area contributed by atoms with Crippen LogP contribution in [0.2, 0.25) is 4.34 Å². The van der Waals surface area contributed by atoms with Gasteiger partial charge in [-0.15, -0.1) is 11.3 Å². The van der Waals surface area contributed by atoms with Gasteiger partial charge in [-0.05, 0) is 30.3 Å². The summed E-state index contributed by atoms with van der Waals surface area (Å²) in [6.07, 6.45) is -0.762. The van der Waals surface area contributed by atoms with Gasteiger partial charge in [-0.1, -0.05) is 17.7 Å². The molecule has 1 aromatic carbocycles. The molecular weight excluding hydrogens is 298 g/mol. The van der Waals surface area contributed by atoms with Crippen molar-refractivity contribution in [1.82, 2.24) is 5.32 Å². The largest absolute Gasteiger partial charge is 0.497 e. The number of rotatable bonds is 5. The number of benzene rings is 1. The first-order chi connectivity index (χ1) is 9.60. The summed E-state index contributed by atoms with van der Waals surface area (Å²) in [5.41, 5.74) is 0.487. The molecule has 0 aliphatic carbocycles. The summed E-state index contributed by atoms with van der Waals surface area (Å²) < 4.78 is 5.67. The maximum Gasteiger partial charge on any atom is 0.251 e. The number of hydrogen-bond acceptors (Lipinski definition) is 4. The van der Waals surface area contributed by atoms with Gasteiger partial charge in [0.2, 0.25) is 0 Å². The number of aliphatic hydroxyl groups excluding tert-OH is 1. The third kappa shape index (κ3) is 3.72. The van der Waals surface area contributed by atoms with E-state index in [1.54, 1.807) is 43.5 Å². The molecule has 2 aromatic rings. The third-order valence-corrected chi connectivity index (χ3v) is 4.04. The minimum Gasteiger partial charge on any atom is -0.497 e. The van der Waals surface area contributed by atoms with Crippen molar-refractivity contribution in [3.05, 3.63) is 51.2 Å². The number of ether oxygens (including phenoxy) is 1. The van der Waals surface area contributed by atoms with Crippen LogP contribution in [0, 0.1) is 0 Å². The second-order valence-electron chi connectivity index (χ2n) is 4.10. The van der Waals surface area contributed by atoms with Crippen LogP contribution in [0.15, 0.2) is 36.4 Å². The first-order valence-corrected chi connectivity index (χ1v) is 7.15. The van der Waals surface area contributed by atoms with Crippen molar-refractivity contribution in [3.63, 3.8) is 0 Å². The lowest BCUT2D eigenvalue weighted by atomic mass is 10.2. The lowest BCUT2D eigenvalue weighted by Crippen LogP contribution is -2.28. The summed E-state index contributed by atoms with van der Waals surface area (Å²) >= 11 is 7.10. The van der Waals surface area contributed by atoms with Crippen LogP contribution in [0.1, 0.15) is 21.3 Å². The van der Waals surface area contributed by atoms with Crippen molar-refractivity contribution < 1.29 is 14.6 Å². The second-order valence-corrected chi connectivity index (χ2v) is 5.85. The number of halogens is 1. The number of carbonyl (C=O) groups is 1. The Morgan fingerprint density at radius 1 is 1.45 bits per heavy atom. The van der Waals surface area contributed by atoms with E-state index in [1.807, 2.05) is 0 Å². The van der Waals surface area contributed by atoms with E-state index in [0.717, 1.165) is 4.88 Å². The molecule has 0 fully saturated rings. The average molecular weight is 312 g/mol. The van der Waals surface area contributed by atoms with Gasteiger partial charge in [0.05, 0.1) is 11.4 Å². The molecule has 0 saturated heterocycles. The highest BCUT2D eigenvalue weighted by Crippen LogP contribution is 2.26. The summed E-state index contributed by atoms with van der Waals surface area (Å²) in [6.45, 7) is 0.132. The maximum atomic E-state index is 12.0. The minimum absolute atomic E-state index is 0.132. The summed E-state index contributed by atoms with van der Waals surface area (Å²) in [4.78, 5) is 12.7. The van der Waals surface area contributed by atoms with Gasteiger partial charge in [0.15, 0.2) is 0 Å².